The summed E-state index contributed by atoms with van der Waals surface area (Å²) in [7, 11) is 0. The third kappa shape index (κ3) is 2.75. The standard InChI is InChI=1S/C16H22N4/c1-2-8-20-15(18-13-19-20)10-16(11-17-12-16)9-14-6-4-3-5-7-14/h3-7,13,17H,2,8-12H2,1H3. The minimum Gasteiger partial charge on any atom is -0.315 e. The first-order valence-electron chi connectivity index (χ1n) is 7.43. The molecule has 1 saturated heterocycles. The summed E-state index contributed by atoms with van der Waals surface area (Å²) in [6.45, 7) is 5.28. The molecule has 0 bridgehead atoms. The van der Waals surface area contributed by atoms with Crippen molar-refractivity contribution in [3.8, 4) is 0 Å². The third-order valence-corrected chi connectivity index (χ3v) is 4.09. The molecule has 1 aromatic heterocycles. The lowest BCUT2D eigenvalue weighted by Gasteiger charge is -2.42. The normalized spacial score (nSPS) is 16.9. The number of hydrogen-bond donors (Lipinski definition) is 1. The van der Waals surface area contributed by atoms with E-state index in [9.17, 15) is 0 Å². The van der Waals surface area contributed by atoms with Crippen LogP contribution >= 0.6 is 0 Å². The Bertz CT molecular complexity index is 543. The van der Waals surface area contributed by atoms with Crippen LogP contribution in [0.2, 0.25) is 0 Å². The molecule has 1 N–H and O–H groups in total. The van der Waals surface area contributed by atoms with Gasteiger partial charge in [0, 0.05) is 31.5 Å². The van der Waals surface area contributed by atoms with Gasteiger partial charge >= 0.3 is 0 Å². The third-order valence-electron chi connectivity index (χ3n) is 4.09. The quantitative estimate of drug-likeness (QED) is 0.873. The van der Waals surface area contributed by atoms with Gasteiger partial charge in [-0.3, -0.25) is 4.68 Å². The van der Waals surface area contributed by atoms with Crippen LogP contribution in [-0.2, 0) is 19.4 Å². The summed E-state index contributed by atoms with van der Waals surface area (Å²) in [5.74, 6) is 1.13. The van der Waals surface area contributed by atoms with Gasteiger partial charge < -0.3 is 5.32 Å². The van der Waals surface area contributed by atoms with E-state index in [1.54, 1.807) is 6.33 Å². The molecule has 1 aromatic carbocycles. The van der Waals surface area contributed by atoms with Crippen molar-refractivity contribution < 1.29 is 0 Å². The molecule has 1 fully saturated rings. The fraction of sp³-hybridized carbons (Fsp3) is 0.500. The topological polar surface area (TPSA) is 42.7 Å². The lowest BCUT2D eigenvalue weighted by Crippen LogP contribution is -2.56. The monoisotopic (exact) mass is 270 g/mol. The maximum atomic E-state index is 4.47. The molecule has 0 saturated carbocycles. The van der Waals surface area contributed by atoms with Crippen molar-refractivity contribution in [3.05, 3.63) is 48.0 Å². The summed E-state index contributed by atoms with van der Waals surface area (Å²) >= 11 is 0. The fourth-order valence-corrected chi connectivity index (χ4v) is 2.98. The number of benzene rings is 1. The number of nitrogens with zero attached hydrogens (tertiary/aromatic N) is 3. The average Bonchev–Trinajstić information content (AvgIpc) is 2.85. The molecule has 1 aliphatic heterocycles. The molecule has 106 valence electrons. The van der Waals surface area contributed by atoms with E-state index in [1.165, 1.54) is 5.56 Å². The van der Waals surface area contributed by atoms with Crippen molar-refractivity contribution in [2.45, 2.75) is 32.7 Å². The summed E-state index contributed by atoms with van der Waals surface area (Å²) < 4.78 is 2.06. The van der Waals surface area contributed by atoms with Crippen molar-refractivity contribution in [2.75, 3.05) is 13.1 Å². The van der Waals surface area contributed by atoms with Gasteiger partial charge in [0.2, 0.25) is 0 Å². The minimum atomic E-state index is 0.305. The Labute approximate surface area is 120 Å². The Morgan fingerprint density at radius 1 is 1.20 bits per heavy atom. The Hall–Kier alpha value is -1.68. The van der Waals surface area contributed by atoms with Crippen LogP contribution in [0.4, 0.5) is 0 Å². The second-order valence-electron chi connectivity index (χ2n) is 5.84. The van der Waals surface area contributed by atoms with E-state index < -0.39 is 0 Å². The minimum absolute atomic E-state index is 0.305. The molecule has 0 unspecified atom stereocenters. The second-order valence-corrected chi connectivity index (χ2v) is 5.84. The first-order chi connectivity index (χ1) is 9.81. The molecule has 0 radical (unpaired) electrons. The number of aromatic nitrogens is 3. The van der Waals surface area contributed by atoms with Gasteiger partial charge in [0.05, 0.1) is 0 Å². The van der Waals surface area contributed by atoms with Gasteiger partial charge in [-0.25, -0.2) is 4.98 Å². The number of nitrogens with one attached hydrogen (secondary N) is 1. The van der Waals surface area contributed by atoms with Crippen LogP contribution in [-0.4, -0.2) is 27.9 Å². The van der Waals surface area contributed by atoms with Crippen molar-refractivity contribution >= 4 is 0 Å². The first-order valence-corrected chi connectivity index (χ1v) is 7.43. The molecule has 0 spiro atoms. The Balaban J connectivity index is 1.74. The molecule has 3 rings (SSSR count). The predicted molar refractivity (Wildman–Crippen MR) is 79.5 cm³/mol. The maximum absolute atomic E-state index is 4.47. The maximum Gasteiger partial charge on any atom is 0.138 e. The van der Waals surface area contributed by atoms with Crippen LogP contribution in [0.5, 0.6) is 0 Å². The zero-order valence-electron chi connectivity index (χ0n) is 12.0. The SMILES string of the molecule is CCCn1ncnc1CC1(Cc2ccccc2)CNC1. The van der Waals surface area contributed by atoms with E-state index in [-0.39, 0.29) is 0 Å². The summed E-state index contributed by atoms with van der Waals surface area (Å²) in [6, 6.07) is 10.8. The van der Waals surface area contributed by atoms with Crippen LogP contribution in [0.1, 0.15) is 24.7 Å². The zero-order valence-corrected chi connectivity index (χ0v) is 12.0. The molecule has 4 nitrogen and oxygen atoms in total. The first kappa shape index (κ1) is 13.3. The molecule has 2 heterocycles. The average molecular weight is 270 g/mol. The van der Waals surface area contributed by atoms with Gasteiger partial charge in [0.15, 0.2) is 0 Å². The summed E-state index contributed by atoms with van der Waals surface area (Å²) in [4.78, 5) is 4.47. The van der Waals surface area contributed by atoms with Crippen LogP contribution in [0.15, 0.2) is 36.7 Å². The van der Waals surface area contributed by atoms with Gasteiger partial charge in [-0.15, -0.1) is 0 Å². The van der Waals surface area contributed by atoms with Gasteiger partial charge in [-0.1, -0.05) is 37.3 Å². The second kappa shape index (κ2) is 5.75. The largest absolute Gasteiger partial charge is 0.315 e. The molecular formula is C16H22N4. The van der Waals surface area contributed by atoms with Crippen LogP contribution in [0, 0.1) is 5.41 Å². The number of aryl methyl sites for hydroxylation is 1. The molecule has 4 heteroatoms. The molecule has 20 heavy (non-hydrogen) atoms. The van der Waals surface area contributed by atoms with E-state index in [0.717, 1.165) is 44.7 Å². The highest BCUT2D eigenvalue weighted by molar-refractivity contribution is 5.19. The van der Waals surface area contributed by atoms with Gasteiger partial charge in [0.25, 0.3) is 0 Å². The van der Waals surface area contributed by atoms with E-state index in [0.29, 0.717) is 5.41 Å². The molecular weight excluding hydrogens is 248 g/mol. The number of rotatable bonds is 6. The van der Waals surface area contributed by atoms with Crippen LogP contribution < -0.4 is 5.32 Å². The summed E-state index contributed by atoms with van der Waals surface area (Å²) in [6.07, 6.45) is 4.91. The van der Waals surface area contributed by atoms with Crippen molar-refractivity contribution in [2.24, 2.45) is 5.41 Å². The Morgan fingerprint density at radius 2 is 2.00 bits per heavy atom. The van der Waals surface area contributed by atoms with E-state index in [2.05, 4.69) is 57.3 Å². The lowest BCUT2D eigenvalue weighted by molar-refractivity contribution is 0.160. The van der Waals surface area contributed by atoms with Crippen LogP contribution in [0.3, 0.4) is 0 Å². The van der Waals surface area contributed by atoms with Gasteiger partial charge in [0.1, 0.15) is 12.2 Å². The predicted octanol–water partition coefficient (Wildman–Crippen LogP) is 2.06. The molecule has 0 amide bonds. The highest BCUT2D eigenvalue weighted by atomic mass is 15.3. The fourth-order valence-electron chi connectivity index (χ4n) is 2.98. The van der Waals surface area contributed by atoms with E-state index >= 15 is 0 Å². The summed E-state index contributed by atoms with van der Waals surface area (Å²) in [5.41, 5.74) is 1.72. The molecule has 2 aromatic rings. The van der Waals surface area contributed by atoms with Crippen LogP contribution in [0.25, 0.3) is 0 Å². The lowest BCUT2D eigenvalue weighted by atomic mass is 9.73. The highest BCUT2D eigenvalue weighted by Gasteiger charge is 2.38. The number of hydrogen-bond acceptors (Lipinski definition) is 3. The van der Waals surface area contributed by atoms with E-state index in [4.69, 9.17) is 0 Å². The smallest absolute Gasteiger partial charge is 0.138 e. The molecule has 0 aliphatic carbocycles. The van der Waals surface area contributed by atoms with E-state index in [1.807, 2.05) is 0 Å². The van der Waals surface area contributed by atoms with Crippen molar-refractivity contribution in [3.63, 3.8) is 0 Å². The highest BCUT2D eigenvalue weighted by Crippen LogP contribution is 2.31. The van der Waals surface area contributed by atoms with Crippen molar-refractivity contribution in [1.29, 1.82) is 0 Å². The molecule has 1 aliphatic rings. The van der Waals surface area contributed by atoms with Crippen molar-refractivity contribution in [1.82, 2.24) is 20.1 Å². The summed E-state index contributed by atoms with van der Waals surface area (Å²) in [5, 5.41) is 7.77. The Morgan fingerprint density at radius 3 is 2.65 bits per heavy atom. The van der Waals surface area contributed by atoms with Gasteiger partial charge in [-0.2, -0.15) is 5.10 Å². The van der Waals surface area contributed by atoms with Gasteiger partial charge in [-0.05, 0) is 18.4 Å². The Kier molecular flexibility index (Phi) is 3.83. The zero-order chi connectivity index (χ0) is 13.8. The molecule has 0 atom stereocenters.